The van der Waals surface area contributed by atoms with Gasteiger partial charge in [-0.1, -0.05) is 0 Å². The van der Waals surface area contributed by atoms with Crippen molar-refractivity contribution in [1.29, 1.82) is 0 Å². The first-order chi connectivity index (χ1) is 8.16. The van der Waals surface area contributed by atoms with Gasteiger partial charge in [-0.05, 0) is 18.2 Å². The molecule has 1 aromatic carbocycles. The molecule has 0 bridgehead atoms. The van der Waals surface area contributed by atoms with Gasteiger partial charge in [0.05, 0.1) is 11.4 Å². The zero-order valence-corrected chi connectivity index (χ0v) is 9.91. The van der Waals surface area contributed by atoms with E-state index in [4.69, 9.17) is 4.42 Å². The molecule has 0 radical (unpaired) electrons. The van der Waals surface area contributed by atoms with Gasteiger partial charge in [0, 0.05) is 23.4 Å². The van der Waals surface area contributed by atoms with Crippen molar-refractivity contribution in [2.75, 3.05) is 17.7 Å². The number of benzene rings is 1. The van der Waals surface area contributed by atoms with Crippen LogP contribution < -0.4 is 10.5 Å². The highest BCUT2D eigenvalue weighted by molar-refractivity contribution is 8.00. The molecule has 2 aromatic rings. The maximum Gasteiger partial charge on any atom is 0.336 e. The minimum atomic E-state index is -0.359. The summed E-state index contributed by atoms with van der Waals surface area (Å²) in [6, 6.07) is 6.69. The highest BCUT2D eigenvalue weighted by Gasteiger charge is 2.23. The molecule has 3 rings (SSSR count). The van der Waals surface area contributed by atoms with E-state index in [0.717, 1.165) is 16.0 Å². The number of carbonyl (C=O) groups is 1. The number of anilines is 1. The predicted octanol–water partition coefficient (Wildman–Crippen LogP) is 1.86. The summed E-state index contributed by atoms with van der Waals surface area (Å²) in [5, 5.41) is 0.881. The second-order valence-corrected chi connectivity index (χ2v) is 4.81. The molecule has 0 saturated carbocycles. The zero-order valence-electron chi connectivity index (χ0n) is 9.10. The van der Waals surface area contributed by atoms with E-state index in [9.17, 15) is 9.59 Å². The SMILES string of the molecule is CN1C(=O)CSc2c1ccc1oc(=O)ccc21. The van der Waals surface area contributed by atoms with E-state index in [1.807, 2.05) is 6.07 Å². The number of fused-ring (bicyclic) bond motifs is 3. The molecule has 17 heavy (non-hydrogen) atoms. The molecule has 86 valence electrons. The summed E-state index contributed by atoms with van der Waals surface area (Å²) >= 11 is 1.48. The molecule has 0 saturated heterocycles. The Balaban J connectivity index is 2.33. The van der Waals surface area contributed by atoms with Gasteiger partial charge < -0.3 is 9.32 Å². The number of nitrogens with zero attached hydrogens (tertiary/aromatic N) is 1. The normalized spacial score (nSPS) is 15.1. The van der Waals surface area contributed by atoms with Gasteiger partial charge in [-0.3, -0.25) is 4.79 Å². The third-order valence-electron chi connectivity index (χ3n) is 2.81. The Kier molecular flexibility index (Phi) is 2.22. The fourth-order valence-corrected chi connectivity index (χ4v) is 3.03. The summed E-state index contributed by atoms with van der Waals surface area (Å²) in [5.74, 6) is 0.501. The largest absolute Gasteiger partial charge is 0.423 e. The smallest absolute Gasteiger partial charge is 0.336 e. The van der Waals surface area contributed by atoms with Crippen LogP contribution in [0.3, 0.4) is 0 Å². The Hall–Kier alpha value is -1.75. The Morgan fingerprint density at radius 3 is 2.88 bits per heavy atom. The third kappa shape index (κ3) is 1.54. The molecule has 1 amide bonds. The molecule has 1 aliphatic rings. The maximum absolute atomic E-state index is 11.6. The summed E-state index contributed by atoms with van der Waals surface area (Å²) in [7, 11) is 1.76. The fraction of sp³-hybridized carbons (Fsp3) is 0.167. The average molecular weight is 247 g/mol. The van der Waals surface area contributed by atoms with Crippen LogP contribution >= 0.6 is 11.8 Å². The Morgan fingerprint density at radius 2 is 2.06 bits per heavy atom. The molecule has 0 unspecified atom stereocenters. The Labute approximate surface area is 101 Å². The molecule has 4 nitrogen and oxygen atoms in total. The predicted molar refractivity (Wildman–Crippen MR) is 66.6 cm³/mol. The van der Waals surface area contributed by atoms with Crippen LogP contribution in [0, 0.1) is 0 Å². The average Bonchev–Trinajstić information content (AvgIpc) is 2.33. The molecule has 2 heterocycles. The van der Waals surface area contributed by atoms with E-state index in [2.05, 4.69) is 0 Å². The molecule has 0 fully saturated rings. The summed E-state index contributed by atoms with van der Waals surface area (Å²) in [6.07, 6.45) is 0. The van der Waals surface area contributed by atoms with Gasteiger partial charge in [0.15, 0.2) is 0 Å². The van der Waals surface area contributed by atoms with Crippen molar-refractivity contribution >= 4 is 34.3 Å². The van der Waals surface area contributed by atoms with Crippen molar-refractivity contribution in [2.24, 2.45) is 0 Å². The Morgan fingerprint density at radius 1 is 1.24 bits per heavy atom. The van der Waals surface area contributed by atoms with Crippen LogP contribution in [-0.4, -0.2) is 18.7 Å². The van der Waals surface area contributed by atoms with E-state index in [1.165, 1.54) is 17.8 Å². The van der Waals surface area contributed by atoms with Crippen LogP contribution in [0.15, 0.2) is 38.4 Å². The molecular weight excluding hydrogens is 238 g/mol. The first-order valence-corrected chi connectivity index (χ1v) is 6.11. The summed E-state index contributed by atoms with van der Waals surface area (Å²) in [5.41, 5.74) is 1.07. The van der Waals surface area contributed by atoms with Crippen LogP contribution in [-0.2, 0) is 4.79 Å². The van der Waals surface area contributed by atoms with Crippen molar-refractivity contribution in [2.45, 2.75) is 4.90 Å². The first kappa shape index (κ1) is 10.4. The number of rotatable bonds is 0. The highest BCUT2D eigenvalue weighted by Crippen LogP contribution is 2.39. The summed E-state index contributed by atoms with van der Waals surface area (Å²) in [4.78, 5) is 25.3. The van der Waals surface area contributed by atoms with Gasteiger partial charge in [0.25, 0.3) is 0 Å². The monoisotopic (exact) mass is 247 g/mol. The number of hydrogen-bond donors (Lipinski definition) is 0. The zero-order chi connectivity index (χ0) is 12.0. The number of amides is 1. The van der Waals surface area contributed by atoms with Gasteiger partial charge in [0.1, 0.15) is 5.58 Å². The van der Waals surface area contributed by atoms with Gasteiger partial charge >= 0.3 is 5.63 Å². The van der Waals surface area contributed by atoms with Crippen LogP contribution in [0.2, 0.25) is 0 Å². The van der Waals surface area contributed by atoms with Gasteiger partial charge in [-0.25, -0.2) is 4.79 Å². The van der Waals surface area contributed by atoms with E-state index < -0.39 is 0 Å². The molecule has 5 heteroatoms. The number of carbonyl (C=O) groups excluding carboxylic acids is 1. The lowest BCUT2D eigenvalue weighted by Gasteiger charge is -2.25. The third-order valence-corrected chi connectivity index (χ3v) is 3.92. The van der Waals surface area contributed by atoms with E-state index in [-0.39, 0.29) is 11.5 Å². The minimum Gasteiger partial charge on any atom is -0.423 e. The van der Waals surface area contributed by atoms with E-state index in [1.54, 1.807) is 24.1 Å². The standard InChI is InChI=1S/C12H9NO3S/c1-13-8-3-4-9-7(2-5-11(15)16-9)12(8)17-6-10(13)14/h2-5H,6H2,1H3. The molecule has 0 atom stereocenters. The Bertz CT molecular complexity index is 677. The van der Waals surface area contributed by atoms with Gasteiger partial charge in [0.2, 0.25) is 5.91 Å². The van der Waals surface area contributed by atoms with Crippen LogP contribution in [0.4, 0.5) is 5.69 Å². The maximum atomic E-state index is 11.6. The van der Waals surface area contributed by atoms with Gasteiger partial charge in [-0.15, -0.1) is 11.8 Å². The molecule has 0 N–H and O–H groups in total. The fourth-order valence-electron chi connectivity index (χ4n) is 1.89. The van der Waals surface area contributed by atoms with Crippen molar-refractivity contribution in [3.63, 3.8) is 0 Å². The number of hydrogen-bond acceptors (Lipinski definition) is 4. The summed E-state index contributed by atoms with van der Waals surface area (Å²) < 4.78 is 5.12. The van der Waals surface area contributed by atoms with E-state index >= 15 is 0 Å². The van der Waals surface area contributed by atoms with E-state index in [0.29, 0.717) is 11.3 Å². The summed E-state index contributed by atoms with van der Waals surface area (Å²) in [6.45, 7) is 0. The van der Waals surface area contributed by atoms with Crippen molar-refractivity contribution in [3.8, 4) is 0 Å². The van der Waals surface area contributed by atoms with Crippen LogP contribution in [0.5, 0.6) is 0 Å². The van der Waals surface area contributed by atoms with Crippen molar-refractivity contribution < 1.29 is 9.21 Å². The van der Waals surface area contributed by atoms with Gasteiger partial charge in [-0.2, -0.15) is 0 Å². The lowest BCUT2D eigenvalue weighted by atomic mass is 10.2. The number of thioether (sulfide) groups is 1. The second-order valence-electron chi connectivity index (χ2n) is 3.82. The van der Waals surface area contributed by atoms with Crippen LogP contribution in [0.25, 0.3) is 11.0 Å². The molecule has 1 aromatic heterocycles. The lowest BCUT2D eigenvalue weighted by Crippen LogP contribution is -2.31. The van der Waals surface area contributed by atoms with Crippen molar-refractivity contribution in [3.05, 3.63) is 34.7 Å². The molecule has 0 spiro atoms. The molecule has 1 aliphatic heterocycles. The van der Waals surface area contributed by atoms with Crippen molar-refractivity contribution in [1.82, 2.24) is 0 Å². The minimum absolute atomic E-state index is 0.0826. The van der Waals surface area contributed by atoms with Crippen LogP contribution in [0.1, 0.15) is 0 Å². The molecular formula is C12H9NO3S. The lowest BCUT2D eigenvalue weighted by molar-refractivity contribution is -0.116. The second kappa shape index (κ2) is 3.63. The highest BCUT2D eigenvalue weighted by atomic mass is 32.2. The first-order valence-electron chi connectivity index (χ1n) is 5.13. The topological polar surface area (TPSA) is 50.5 Å². The quantitative estimate of drug-likeness (QED) is 0.667. The molecule has 0 aliphatic carbocycles.